The molecule has 0 saturated heterocycles. The number of para-hydroxylation sites is 1. The van der Waals surface area contributed by atoms with E-state index in [0.717, 1.165) is 17.1 Å². The van der Waals surface area contributed by atoms with Crippen LogP contribution in [0.4, 0.5) is 29.1 Å². The molecule has 6 nitrogen and oxygen atoms in total. The van der Waals surface area contributed by atoms with Crippen LogP contribution in [0.5, 0.6) is 0 Å². The number of halogens is 5. The van der Waals surface area contributed by atoms with Crippen molar-refractivity contribution >= 4 is 29.0 Å². The van der Waals surface area contributed by atoms with Crippen LogP contribution in [0.2, 0.25) is 5.02 Å². The number of carbonyl (C=O) groups is 1. The van der Waals surface area contributed by atoms with E-state index in [1.165, 1.54) is 31.2 Å². The smallest absolute Gasteiger partial charge is 0.384 e. The fourth-order valence-electron chi connectivity index (χ4n) is 2.57. The summed E-state index contributed by atoms with van der Waals surface area (Å²) < 4.78 is 51.9. The van der Waals surface area contributed by atoms with Gasteiger partial charge in [0.1, 0.15) is 28.7 Å². The van der Waals surface area contributed by atoms with Gasteiger partial charge in [-0.15, -0.1) is 0 Å². The minimum Gasteiger partial charge on any atom is -0.384 e. The molecule has 0 bridgehead atoms. The van der Waals surface area contributed by atoms with Gasteiger partial charge in [0.25, 0.3) is 5.91 Å². The third-order valence-electron chi connectivity index (χ3n) is 4.00. The number of nitrogens with one attached hydrogen (secondary N) is 2. The van der Waals surface area contributed by atoms with Crippen molar-refractivity contribution in [2.75, 3.05) is 10.3 Å². The lowest BCUT2D eigenvalue weighted by molar-refractivity contribution is -0.137. The van der Waals surface area contributed by atoms with Gasteiger partial charge in [0.05, 0.1) is 10.6 Å². The normalized spacial score (nSPS) is 19.5. The fraction of sp³-hybridized carbons (Fsp3) is 0.176. The van der Waals surface area contributed by atoms with Crippen LogP contribution in [0.1, 0.15) is 12.5 Å². The van der Waals surface area contributed by atoms with E-state index in [2.05, 4.69) is 15.7 Å². The van der Waals surface area contributed by atoms with Crippen LogP contribution in [0.3, 0.4) is 0 Å². The number of nitrogens with two attached hydrogens (primary N) is 1. The van der Waals surface area contributed by atoms with E-state index in [1.807, 2.05) is 0 Å². The summed E-state index contributed by atoms with van der Waals surface area (Å²) in [7, 11) is 0. The number of pyridine rings is 1. The molecule has 11 heteroatoms. The third-order valence-corrected chi connectivity index (χ3v) is 4.31. The van der Waals surface area contributed by atoms with Crippen molar-refractivity contribution in [1.29, 1.82) is 0 Å². The predicted octanol–water partition coefficient (Wildman–Crippen LogP) is 3.42. The van der Waals surface area contributed by atoms with E-state index >= 15 is 0 Å². The van der Waals surface area contributed by atoms with Crippen LogP contribution >= 0.6 is 11.6 Å². The standard InChI is InChI=1S/C17H14ClF4N5O/c1-16(15(28)25-13-6-5-9(8-24-13)17(20,21)22)7-12(23)27(26-16)14-10(18)3-2-4-11(14)19/h2-8,26H,23H2,1H3,(H,24,25,28). The number of hydrogen-bond acceptors (Lipinski definition) is 5. The highest BCUT2D eigenvalue weighted by molar-refractivity contribution is 6.33. The zero-order valence-electron chi connectivity index (χ0n) is 14.3. The molecule has 4 N–H and O–H groups in total. The van der Waals surface area contributed by atoms with E-state index in [9.17, 15) is 22.4 Å². The van der Waals surface area contributed by atoms with Crippen LogP contribution in [0.15, 0.2) is 48.4 Å². The molecule has 1 aromatic heterocycles. The van der Waals surface area contributed by atoms with Crippen molar-refractivity contribution in [3.8, 4) is 0 Å². The van der Waals surface area contributed by atoms with Crippen molar-refractivity contribution < 1.29 is 22.4 Å². The van der Waals surface area contributed by atoms with Gasteiger partial charge in [-0.25, -0.2) is 14.8 Å². The second-order valence-electron chi connectivity index (χ2n) is 6.17. The number of hydrogen-bond donors (Lipinski definition) is 3. The Kier molecular flexibility index (Phi) is 4.94. The molecular weight excluding hydrogens is 402 g/mol. The second-order valence-corrected chi connectivity index (χ2v) is 6.58. The molecular formula is C17H14ClF4N5O. The molecule has 3 rings (SSSR count). The second kappa shape index (κ2) is 6.95. The maximum Gasteiger partial charge on any atom is 0.417 e. The van der Waals surface area contributed by atoms with Gasteiger partial charge < -0.3 is 11.1 Å². The number of alkyl halides is 3. The summed E-state index contributed by atoms with van der Waals surface area (Å²) in [6, 6.07) is 5.87. The van der Waals surface area contributed by atoms with E-state index in [4.69, 9.17) is 17.3 Å². The highest BCUT2D eigenvalue weighted by Gasteiger charge is 2.41. The number of anilines is 2. The molecule has 1 aliphatic heterocycles. The lowest BCUT2D eigenvalue weighted by Gasteiger charge is -2.27. The lowest BCUT2D eigenvalue weighted by atomic mass is 10.0. The minimum atomic E-state index is -4.54. The Morgan fingerprint density at radius 3 is 2.61 bits per heavy atom. The minimum absolute atomic E-state index is 0.0185. The van der Waals surface area contributed by atoms with E-state index in [0.29, 0.717) is 6.20 Å². The molecule has 1 atom stereocenters. The van der Waals surface area contributed by atoms with Gasteiger partial charge in [0, 0.05) is 6.20 Å². The lowest BCUT2D eigenvalue weighted by Crippen LogP contribution is -2.53. The Labute approximate surface area is 161 Å². The summed E-state index contributed by atoms with van der Waals surface area (Å²) in [5.74, 6) is -1.40. The highest BCUT2D eigenvalue weighted by Crippen LogP contribution is 2.33. The summed E-state index contributed by atoms with van der Waals surface area (Å²) in [5, 5.41) is 3.58. The van der Waals surface area contributed by atoms with Crippen molar-refractivity contribution in [2.45, 2.75) is 18.6 Å². The average molecular weight is 416 g/mol. The van der Waals surface area contributed by atoms with Crippen molar-refractivity contribution in [3.05, 3.63) is 64.8 Å². The first-order valence-electron chi connectivity index (χ1n) is 7.86. The highest BCUT2D eigenvalue weighted by atomic mass is 35.5. The van der Waals surface area contributed by atoms with Gasteiger partial charge in [0.2, 0.25) is 0 Å². The molecule has 1 amide bonds. The predicted molar refractivity (Wildman–Crippen MR) is 95.6 cm³/mol. The topological polar surface area (TPSA) is 83.3 Å². The number of hydrazine groups is 1. The molecule has 148 valence electrons. The van der Waals surface area contributed by atoms with Crippen LogP contribution in [-0.4, -0.2) is 16.4 Å². The molecule has 0 saturated carbocycles. The summed E-state index contributed by atoms with van der Waals surface area (Å²) in [4.78, 5) is 16.2. The van der Waals surface area contributed by atoms with Crippen LogP contribution in [0, 0.1) is 5.82 Å². The summed E-state index contributed by atoms with van der Waals surface area (Å²) in [5.41, 5.74) is 6.20. The Morgan fingerprint density at radius 2 is 2.04 bits per heavy atom. The molecule has 1 aromatic carbocycles. The Hall–Kier alpha value is -2.85. The SMILES string of the molecule is CC1(C(=O)Nc2ccc(C(F)(F)F)cn2)C=C(N)N(c2c(F)cccc2Cl)N1. The average Bonchev–Trinajstić information content (AvgIpc) is 2.90. The molecule has 2 aromatic rings. The maximum absolute atomic E-state index is 14.2. The van der Waals surface area contributed by atoms with Crippen LogP contribution < -0.4 is 21.5 Å². The first-order valence-corrected chi connectivity index (χ1v) is 8.24. The van der Waals surface area contributed by atoms with Gasteiger partial charge in [-0.3, -0.25) is 9.80 Å². The Bertz CT molecular complexity index is 927. The van der Waals surface area contributed by atoms with Gasteiger partial charge in [0.15, 0.2) is 0 Å². The van der Waals surface area contributed by atoms with Crippen LogP contribution in [0.25, 0.3) is 0 Å². The third kappa shape index (κ3) is 3.73. The molecule has 28 heavy (non-hydrogen) atoms. The fourth-order valence-corrected chi connectivity index (χ4v) is 2.82. The molecule has 0 fully saturated rings. The Balaban J connectivity index is 1.79. The quantitative estimate of drug-likeness (QED) is 0.669. The monoisotopic (exact) mass is 415 g/mol. The number of carbonyl (C=O) groups excluding carboxylic acids is 1. The molecule has 2 heterocycles. The Morgan fingerprint density at radius 1 is 1.32 bits per heavy atom. The summed E-state index contributed by atoms with van der Waals surface area (Å²) >= 11 is 6.02. The van der Waals surface area contributed by atoms with Crippen molar-refractivity contribution in [3.63, 3.8) is 0 Å². The van der Waals surface area contributed by atoms with Crippen molar-refractivity contribution in [2.24, 2.45) is 5.73 Å². The van der Waals surface area contributed by atoms with Gasteiger partial charge in [-0.1, -0.05) is 17.7 Å². The zero-order valence-corrected chi connectivity index (χ0v) is 15.1. The van der Waals surface area contributed by atoms with E-state index < -0.39 is 29.0 Å². The van der Waals surface area contributed by atoms with Gasteiger partial charge in [-0.2, -0.15) is 13.2 Å². The summed E-state index contributed by atoms with van der Waals surface area (Å²) in [6.07, 6.45) is -2.60. The van der Waals surface area contributed by atoms with E-state index in [-0.39, 0.29) is 22.3 Å². The van der Waals surface area contributed by atoms with Crippen molar-refractivity contribution in [1.82, 2.24) is 10.4 Å². The number of rotatable bonds is 3. The summed E-state index contributed by atoms with van der Waals surface area (Å²) in [6.45, 7) is 1.45. The molecule has 0 aliphatic carbocycles. The number of amides is 1. The molecule has 0 spiro atoms. The molecule has 1 aliphatic rings. The largest absolute Gasteiger partial charge is 0.417 e. The number of aromatic nitrogens is 1. The van der Waals surface area contributed by atoms with Gasteiger partial charge >= 0.3 is 6.18 Å². The number of benzene rings is 1. The maximum atomic E-state index is 14.2. The first-order chi connectivity index (χ1) is 13.0. The first kappa shape index (κ1) is 19.9. The van der Waals surface area contributed by atoms with Gasteiger partial charge in [-0.05, 0) is 37.3 Å². The zero-order chi connectivity index (χ0) is 20.7. The molecule has 0 radical (unpaired) electrons. The van der Waals surface area contributed by atoms with Crippen LogP contribution in [-0.2, 0) is 11.0 Å². The number of nitrogens with zero attached hydrogens (tertiary/aromatic N) is 2. The van der Waals surface area contributed by atoms with E-state index in [1.54, 1.807) is 0 Å². The molecule has 1 unspecified atom stereocenters.